The van der Waals surface area contributed by atoms with E-state index in [2.05, 4.69) is 15.5 Å². The Kier molecular flexibility index (Phi) is 6.81. The largest absolute Gasteiger partial charge is 0.460 e. The van der Waals surface area contributed by atoms with Crippen LogP contribution in [0.4, 0.5) is 4.39 Å². The first-order chi connectivity index (χ1) is 15.1. The van der Waals surface area contributed by atoms with Gasteiger partial charge in [-0.3, -0.25) is 5.10 Å². The predicted octanol–water partition coefficient (Wildman–Crippen LogP) is 4.35. The SMILES string of the molecule is CC1=C(C(=O)OC(C)C)C(c2cn[nH]c2-c2ccc(F)cc2)C(C(=O)OC(C)C)=C(C)N1. The number of rotatable bonds is 6. The van der Waals surface area contributed by atoms with Crippen LogP contribution >= 0.6 is 0 Å². The second-order valence-corrected chi connectivity index (χ2v) is 8.25. The molecular weight excluding hydrogens is 413 g/mol. The topological polar surface area (TPSA) is 93.3 Å². The van der Waals surface area contributed by atoms with Crippen molar-refractivity contribution in [2.24, 2.45) is 0 Å². The van der Waals surface area contributed by atoms with Gasteiger partial charge in [0, 0.05) is 22.5 Å². The maximum absolute atomic E-state index is 13.5. The van der Waals surface area contributed by atoms with E-state index in [-0.39, 0.29) is 18.0 Å². The van der Waals surface area contributed by atoms with Crippen molar-refractivity contribution < 1.29 is 23.5 Å². The van der Waals surface area contributed by atoms with Crippen molar-refractivity contribution in [3.05, 3.63) is 64.4 Å². The van der Waals surface area contributed by atoms with Gasteiger partial charge in [0.1, 0.15) is 5.82 Å². The van der Waals surface area contributed by atoms with Gasteiger partial charge in [-0.2, -0.15) is 5.10 Å². The van der Waals surface area contributed by atoms with Crippen LogP contribution in [-0.2, 0) is 19.1 Å². The number of ether oxygens (including phenoxy) is 2. The third-order valence-corrected chi connectivity index (χ3v) is 5.00. The van der Waals surface area contributed by atoms with E-state index in [9.17, 15) is 14.0 Å². The van der Waals surface area contributed by atoms with Crippen molar-refractivity contribution in [1.82, 2.24) is 15.5 Å². The Morgan fingerprint density at radius 3 is 1.91 bits per heavy atom. The van der Waals surface area contributed by atoms with Crippen LogP contribution in [0.2, 0.25) is 0 Å². The van der Waals surface area contributed by atoms with Crippen LogP contribution in [0.1, 0.15) is 53.0 Å². The molecule has 0 aliphatic carbocycles. The van der Waals surface area contributed by atoms with Gasteiger partial charge in [-0.25, -0.2) is 14.0 Å². The average Bonchev–Trinajstić information content (AvgIpc) is 3.16. The number of carbonyl (C=O) groups excluding carboxylic acids is 2. The molecule has 1 aliphatic heterocycles. The minimum atomic E-state index is -0.785. The number of carbonyl (C=O) groups is 2. The second-order valence-electron chi connectivity index (χ2n) is 8.25. The molecule has 1 aromatic heterocycles. The number of dihydropyridines is 1. The molecule has 2 N–H and O–H groups in total. The molecule has 0 fully saturated rings. The summed E-state index contributed by atoms with van der Waals surface area (Å²) in [4.78, 5) is 26.3. The number of hydrogen-bond acceptors (Lipinski definition) is 6. The lowest BCUT2D eigenvalue weighted by atomic mass is 9.79. The van der Waals surface area contributed by atoms with Gasteiger partial charge in [0.25, 0.3) is 0 Å². The highest BCUT2D eigenvalue weighted by Gasteiger charge is 2.40. The predicted molar refractivity (Wildman–Crippen MR) is 118 cm³/mol. The first-order valence-electron chi connectivity index (χ1n) is 10.5. The highest BCUT2D eigenvalue weighted by molar-refractivity contribution is 6.00. The fourth-order valence-corrected chi connectivity index (χ4v) is 3.76. The van der Waals surface area contributed by atoms with Crippen LogP contribution in [0.5, 0.6) is 0 Å². The molecule has 0 unspecified atom stereocenters. The fraction of sp³-hybridized carbons (Fsp3) is 0.375. The van der Waals surface area contributed by atoms with Crippen LogP contribution in [0, 0.1) is 5.82 Å². The van der Waals surface area contributed by atoms with E-state index in [1.165, 1.54) is 12.1 Å². The molecule has 170 valence electrons. The van der Waals surface area contributed by atoms with Crippen molar-refractivity contribution in [2.45, 2.75) is 59.7 Å². The molecule has 0 amide bonds. The maximum atomic E-state index is 13.5. The lowest BCUT2D eigenvalue weighted by Crippen LogP contribution is -2.33. The number of allylic oxidation sites excluding steroid dienone is 2. The lowest BCUT2D eigenvalue weighted by Gasteiger charge is -2.31. The Morgan fingerprint density at radius 1 is 0.938 bits per heavy atom. The van der Waals surface area contributed by atoms with Gasteiger partial charge in [-0.15, -0.1) is 0 Å². The van der Waals surface area contributed by atoms with E-state index >= 15 is 0 Å². The first-order valence-corrected chi connectivity index (χ1v) is 10.5. The van der Waals surface area contributed by atoms with Gasteiger partial charge < -0.3 is 14.8 Å². The van der Waals surface area contributed by atoms with E-state index in [0.29, 0.717) is 39.4 Å². The molecule has 0 saturated carbocycles. The van der Waals surface area contributed by atoms with E-state index in [0.717, 1.165) is 0 Å². The Morgan fingerprint density at radius 2 is 1.44 bits per heavy atom. The van der Waals surface area contributed by atoms with Crippen LogP contribution in [0.25, 0.3) is 11.3 Å². The van der Waals surface area contributed by atoms with Crippen molar-refractivity contribution >= 4 is 11.9 Å². The molecule has 0 bridgehead atoms. The van der Waals surface area contributed by atoms with Gasteiger partial charge in [-0.05, 0) is 65.8 Å². The van der Waals surface area contributed by atoms with E-state index in [4.69, 9.17) is 9.47 Å². The normalized spacial score (nSPS) is 14.8. The van der Waals surface area contributed by atoms with Crippen LogP contribution in [-0.4, -0.2) is 34.3 Å². The summed E-state index contributed by atoms with van der Waals surface area (Å²) in [5, 5.41) is 10.2. The summed E-state index contributed by atoms with van der Waals surface area (Å²) in [6, 6.07) is 5.90. The van der Waals surface area contributed by atoms with Gasteiger partial charge in [-0.1, -0.05) is 0 Å². The summed E-state index contributed by atoms with van der Waals surface area (Å²) in [5.74, 6) is -2.23. The first kappa shape index (κ1) is 23.2. The van der Waals surface area contributed by atoms with Crippen LogP contribution in [0.15, 0.2) is 53.0 Å². The number of aromatic nitrogens is 2. The van der Waals surface area contributed by atoms with Crippen molar-refractivity contribution in [2.75, 3.05) is 0 Å². The summed E-state index contributed by atoms with van der Waals surface area (Å²) in [7, 11) is 0. The van der Waals surface area contributed by atoms with Gasteiger partial charge in [0.2, 0.25) is 0 Å². The van der Waals surface area contributed by atoms with Gasteiger partial charge in [0.05, 0.1) is 41.2 Å². The minimum absolute atomic E-state index is 0.296. The average molecular weight is 442 g/mol. The summed E-state index contributed by atoms with van der Waals surface area (Å²) in [5.41, 5.74) is 3.57. The molecule has 2 aromatic rings. The smallest absolute Gasteiger partial charge is 0.337 e. The third kappa shape index (κ3) is 4.74. The molecule has 0 radical (unpaired) electrons. The molecular formula is C24H28FN3O4. The summed E-state index contributed by atoms with van der Waals surface area (Å²) in [6.45, 7) is 10.6. The zero-order valence-electron chi connectivity index (χ0n) is 19.1. The minimum Gasteiger partial charge on any atom is -0.460 e. The Labute approximate surface area is 186 Å². The number of nitrogens with zero attached hydrogens (tertiary/aromatic N) is 1. The van der Waals surface area contributed by atoms with Gasteiger partial charge in [0.15, 0.2) is 0 Å². The number of esters is 2. The molecule has 0 saturated heterocycles. The fourth-order valence-electron chi connectivity index (χ4n) is 3.76. The third-order valence-electron chi connectivity index (χ3n) is 5.00. The number of H-pyrrole nitrogens is 1. The number of benzene rings is 1. The monoisotopic (exact) mass is 441 g/mol. The highest BCUT2D eigenvalue weighted by atomic mass is 19.1. The number of halogens is 1. The van der Waals surface area contributed by atoms with E-state index in [1.807, 2.05) is 0 Å². The summed E-state index contributed by atoms with van der Waals surface area (Å²) >= 11 is 0. The molecule has 1 aliphatic rings. The van der Waals surface area contributed by atoms with Crippen molar-refractivity contribution in [3.8, 4) is 11.3 Å². The van der Waals surface area contributed by atoms with Gasteiger partial charge >= 0.3 is 11.9 Å². The van der Waals surface area contributed by atoms with E-state index < -0.39 is 17.9 Å². The maximum Gasteiger partial charge on any atom is 0.337 e. The molecule has 2 heterocycles. The quantitative estimate of drug-likeness (QED) is 0.648. The van der Waals surface area contributed by atoms with E-state index in [1.54, 1.807) is 59.9 Å². The zero-order valence-corrected chi connectivity index (χ0v) is 19.1. The Hall–Kier alpha value is -3.42. The molecule has 7 nitrogen and oxygen atoms in total. The molecule has 0 spiro atoms. The molecule has 8 heteroatoms. The second kappa shape index (κ2) is 9.38. The standard InChI is InChI=1S/C24H28FN3O4/c1-12(2)31-23(29)19-14(5)27-15(6)20(24(30)32-13(3)4)21(19)18-11-26-28-22(18)16-7-9-17(25)10-8-16/h7-13,21,27H,1-6H3,(H,26,28). The Bertz CT molecular complexity index is 1040. The van der Waals surface area contributed by atoms with Crippen molar-refractivity contribution in [1.29, 1.82) is 0 Å². The van der Waals surface area contributed by atoms with Crippen molar-refractivity contribution in [3.63, 3.8) is 0 Å². The zero-order chi connectivity index (χ0) is 23.6. The molecule has 3 rings (SSSR count). The summed E-state index contributed by atoms with van der Waals surface area (Å²) in [6.07, 6.45) is 0.880. The molecule has 0 atom stereocenters. The number of nitrogens with one attached hydrogen (secondary N) is 2. The summed E-state index contributed by atoms with van der Waals surface area (Å²) < 4.78 is 24.5. The lowest BCUT2D eigenvalue weighted by molar-refractivity contribution is -0.143. The van der Waals surface area contributed by atoms with Crippen LogP contribution in [0.3, 0.4) is 0 Å². The number of hydrogen-bond donors (Lipinski definition) is 2. The highest BCUT2D eigenvalue weighted by Crippen LogP contribution is 2.42. The number of aromatic amines is 1. The molecule has 32 heavy (non-hydrogen) atoms. The Balaban J connectivity index is 2.20. The molecule has 1 aromatic carbocycles. The van der Waals surface area contributed by atoms with Crippen LogP contribution < -0.4 is 5.32 Å².